The van der Waals surface area contributed by atoms with Crippen LogP contribution < -0.4 is 10.6 Å². The third-order valence-electron chi connectivity index (χ3n) is 5.44. The number of hydrogen-bond acceptors (Lipinski definition) is 4. The Labute approximate surface area is 255 Å². The average Bonchev–Trinajstić information content (AvgIpc) is 2.99. The maximum atomic E-state index is 13.1. The lowest BCUT2D eigenvalue weighted by molar-refractivity contribution is -0.131. The van der Waals surface area contributed by atoms with Crippen LogP contribution in [0.5, 0.6) is 0 Å². The second-order valence-corrected chi connectivity index (χ2v) is 9.34. The zero-order valence-corrected chi connectivity index (χ0v) is 25.0. The summed E-state index contributed by atoms with van der Waals surface area (Å²) in [6, 6.07) is 8.46. The number of ketones is 1. The summed E-state index contributed by atoms with van der Waals surface area (Å²) in [4.78, 5) is 38.3. The summed E-state index contributed by atoms with van der Waals surface area (Å²) in [5.74, 6) is 39.3. The molecule has 2 N–H and O–H groups in total. The minimum atomic E-state index is -0.787. The first kappa shape index (κ1) is 35.1. The molecule has 1 rings (SSSR count). The molecule has 0 heterocycles. The molecule has 6 nitrogen and oxygen atoms in total. The van der Waals surface area contributed by atoms with E-state index >= 15 is 0 Å². The zero-order valence-electron chi connectivity index (χ0n) is 25.0. The van der Waals surface area contributed by atoms with Crippen molar-refractivity contribution in [1.29, 1.82) is 0 Å². The normalized spacial score (nSPS) is 9.74. The summed E-state index contributed by atoms with van der Waals surface area (Å²) in [5, 5.41) is 5.38. The van der Waals surface area contributed by atoms with E-state index in [1.807, 2.05) is 58.0 Å². The predicted octanol–water partition coefficient (Wildman–Crippen LogP) is 3.33. The number of alkyl carbamates (subject to hydrolysis) is 1. The van der Waals surface area contributed by atoms with Crippen molar-refractivity contribution in [1.82, 2.24) is 10.6 Å². The van der Waals surface area contributed by atoms with Crippen LogP contribution >= 0.6 is 0 Å². The van der Waals surface area contributed by atoms with Crippen LogP contribution in [-0.4, -0.2) is 30.4 Å². The first-order valence-corrected chi connectivity index (χ1v) is 13.4. The summed E-state index contributed by atoms with van der Waals surface area (Å²) in [6.45, 7) is 9.21. The Balaban J connectivity index is 2.60. The SMILES string of the molecule is CC#CC#CC#CC#CC#CC#CC#CC#CCNC(=O)C(CC(=O)C(NC(=O)OCc1ccccc1)C(C)C)C(C)C. The molecule has 0 bridgehead atoms. The molecule has 2 atom stereocenters. The molecular formula is C37H32N2O4. The number of carbonyl (C=O) groups is 3. The van der Waals surface area contributed by atoms with Gasteiger partial charge in [0, 0.05) is 12.3 Å². The van der Waals surface area contributed by atoms with Gasteiger partial charge in [0.05, 0.1) is 12.6 Å². The third-order valence-corrected chi connectivity index (χ3v) is 5.44. The number of nitrogens with one attached hydrogen (secondary N) is 2. The van der Waals surface area contributed by atoms with Crippen LogP contribution in [-0.2, 0) is 20.9 Å². The molecule has 1 aromatic rings. The molecule has 0 aromatic heterocycles. The molecule has 0 saturated heterocycles. The van der Waals surface area contributed by atoms with Crippen LogP contribution in [0.1, 0.15) is 46.6 Å². The van der Waals surface area contributed by atoms with E-state index in [4.69, 9.17) is 4.74 Å². The lowest BCUT2D eigenvalue weighted by Gasteiger charge is -2.25. The van der Waals surface area contributed by atoms with Crippen molar-refractivity contribution >= 4 is 17.8 Å². The van der Waals surface area contributed by atoms with Gasteiger partial charge in [0.25, 0.3) is 0 Å². The molecule has 43 heavy (non-hydrogen) atoms. The average molecular weight is 569 g/mol. The molecule has 0 fully saturated rings. The number of Topliss-reactive ketones (excluding diaryl/α,β-unsaturated/α-hetero) is 1. The van der Waals surface area contributed by atoms with Crippen LogP contribution in [0.15, 0.2) is 30.3 Å². The van der Waals surface area contributed by atoms with Gasteiger partial charge in [-0.2, -0.15) is 0 Å². The molecule has 2 amide bonds. The van der Waals surface area contributed by atoms with Gasteiger partial charge >= 0.3 is 6.09 Å². The van der Waals surface area contributed by atoms with E-state index in [-0.39, 0.29) is 43.1 Å². The topological polar surface area (TPSA) is 84.5 Å². The number of ether oxygens (including phenoxy) is 1. The minimum Gasteiger partial charge on any atom is -0.445 e. The fourth-order valence-electron chi connectivity index (χ4n) is 3.27. The van der Waals surface area contributed by atoms with Crippen molar-refractivity contribution in [3.8, 4) is 94.7 Å². The molecule has 0 aliphatic carbocycles. The van der Waals surface area contributed by atoms with Crippen molar-refractivity contribution in [3.05, 3.63) is 35.9 Å². The van der Waals surface area contributed by atoms with E-state index in [0.29, 0.717) is 0 Å². The quantitative estimate of drug-likeness (QED) is 0.424. The minimum absolute atomic E-state index is 0.0334. The molecule has 214 valence electrons. The number of amides is 2. The molecule has 0 spiro atoms. The van der Waals surface area contributed by atoms with Gasteiger partial charge in [-0.1, -0.05) is 69.9 Å². The monoisotopic (exact) mass is 568 g/mol. The third kappa shape index (κ3) is 16.7. The fraction of sp³-hybridized carbons (Fsp3) is 0.324. The maximum Gasteiger partial charge on any atom is 0.408 e. The predicted molar refractivity (Wildman–Crippen MR) is 167 cm³/mol. The number of carbonyl (C=O) groups excluding carboxylic acids is 3. The highest BCUT2D eigenvalue weighted by Crippen LogP contribution is 2.19. The van der Waals surface area contributed by atoms with Crippen LogP contribution in [0.2, 0.25) is 0 Å². The molecule has 0 radical (unpaired) electrons. The smallest absolute Gasteiger partial charge is 0.408 e. The molecular weight excluding hydrogens is 536 g/mol. The number of hydrogen-bond donors (Lipinski definition) is 2. The van der Waals surface area contributed by atoms with Crippen LogP contribution in [0.25, 0.3) is 0 Å². The Kier molecular flexibility index (Phi) is 17.9. The summed E-state index contributed by atoms with van der Waals surface area (Å²) < 4.78 is 5.26. The van der Waals surface area contributed by atoms with Gasteiger partial charge in [0.2, 0.25) is 5.91 Å². The molecule has 1 aromatic carbocycles. The Hall–Kier alpha value is -5.89. The van der Waals surface area contributed by atoms with Crippen LogP contribution in [0.3, 0.4) is 0 Å². The van der Waals surface area contributed by atoms with E-state index in [1.54, 1.807) is 6.92 Å². The van der Waals surface area contributed by atoms with Gasteiger partial charge in [-0.25, -0.2) is 4.79 Å². The fourth-order valence-corrected chi connectivity index (χ4v) is 3.27. The number of benzene rings is 1. The van der Waals surface area contributed by atoms with E-state index in [2.05, 4.69) is 105 Å². The molecule has 2 unspecified atom stereocenters. The lowest BCUT2D eigenvalue weighted by atomic mass is 9.86. The molecule has 0 aliphatic rings. The highest BCUT2D eigenvalue weighted by Gasteiger charge is 2.31. The highest BCUT2D eigenvalue weighted by molar-refractivity contribution is 5.92. The largest absolute Gasteiger partial charge is 0.445 e. The number of rotatable bonds is 10. The van der Waals surface area contributed by atoms with Gasteiger partial charge in [-0.15, -0.1) is 0 Å². The zero-order chi connectivity index (χ0) is 31.7. The van der Waals surface area contributed by atoms with Crippen LogP contribution in [0, 0.1) is 112 Å². The van der Waals surface area contributed by atoms with Crippen LogP contribution in [0.4, 0.5) is 4.79 Å². The Morgan fingerprint density at radius 2 is 1.23 bits per heavy atom. The van der Waals surface area contributed by atoms with Gasteiger partial charge in [0.1, 0.15) is 6.61 Å². The van der Waals surface area contributed by atoms with E-state index < -0.39 is 18.1 Å². The van der Waals surface area contributed by atoms with Crippen molar-refractivity contribution in [2.75, 3.05) is 6.54 Å². The van der Waals surface area contributed by atoms with Crippen molar-refractivity contribution in [2.45, 2.75) is 53.7 Å². The van der Waals surface area contributed by atoms with Gasteiger partial charge in [0.15, 0.2) is 5.78 Å². The summed E-state index contributed by atoms with van der Waals surface area (Å²) in [6.07, 6.45) is -0.720. The van der Waals surface area contributed by atoms with Crippen molar-refractivity contribution in [3.63, 3.8) is 0 Å². The Bertz CT molecular complexity index is 1640. The summed E-state index contributed by atoms with van der Waals surface area (Å²) >= 11 is 0. The second kappa shape index (κ2) is 21.9. The van der Waals surface area contributed by atoms with Crippen molar-refractivity contribution in [2.24, 2.45) is 17.8 Å². The lowest BCUT2D eigenvalue weighted by Crippen LogP contribution is -2.46. The standard InChI is InChI=1S/C37H32N2O4/c1-6-7-8-9-10-11-12-13-14-15-16-17-18-19-20-24-27-38-36(41)33(30(2)3)28-34(40)35(31(4)5)39-37(42)43-29-32-25-22-21-23-26-32/h21-23,25-26,30-31,33,35H,27-29H2,1-5H3,(H,38,41)(H,39,42). The van der Waals surface area contributed by atoms with Gasteiger partial charge < -0.3 is 15.4 Å². The maximum absolute atomic E-state index is 13.1. The first-order valence-electron chi connectivity index (χ1n) is 13.4. The second-order valence-electron chi connectivity index (χ2n) is 9.34. The van der Waals surface area contributed by atoms with E-state index in [0.717, 1.165) is 5.56 Å². The molecule has 6 heteroatoms. The molecule has 0 saturated carbocycles. The van der Waals surface area contributed by atoms with E-state index in [1.165, 1.54) is 0 Å². The summed E-state index contributed by atoms with van der Waals surface area (Å²) in [5.41, 5.74) is 0.836. The first-order chi connectivity index (χ1) is 20.8. The Morgan fingerprint density at radius 3 is 1.72 bits per heavy atom. The Morgan fingerprint density at radius 1 is 0.721 bits per heavy atom. The van der Waals surface area contributed by atoms with Gasteiger partial charge in [-0.3, -0.25) is 9.59 Å². The highest BCUT2D eigenvalue weighted by atomic mass is 16.5. The summed E-state index contributed by atoms with van der Waals surface area (Å²) in [7, 11) is 0. The molecule has 0 aliphatic heterocycles. The van der Waals surface area contributed by atoms with Crippen molar-refractivity contribution < 1.29 is 19.1 Å². The van der Waals surface area contributed by atoms with Gasteiger partial charge in [-0.05, 0) is 107 Å². The van der Waals surface area contributed by atoms with E-state index in [9.17, 15) is 14.4 Å².